The molecule has 1 saturated carbocycles. The fourth-order valence-corrected chi connectivity index (χ4v) is 1.49. The summed E-state index contributed by atoms with van der Waals surface area (Å²) in [5.74, 6) is 0. The minimum Gasteiger partial charge on any atom is -0.252 e. The summed E-state index contributed by atoms with van der Waals surface area (Å²) in [6.45, 7) is 2.55. The van der Waals surface area contributed by atoms with Crippen LogP contribution in [0.2, 0.25) is 0 Å². The summed E-state index contributed by atoms with van der Waals surface area (Å²) in [7, 11) is 0. The standard InChI is InChI=1S/C8H16N2/c1-2-6-10(7-3-1)9-8-4-5-8/h8-9H,1-7H2. The second-order valence-corrected chi connectivity index (χ2v) is 3.45. The molecule has 0 bridgehead atoms. The lowest BCUT2D eigenvalue weighted by Crippen LogP contribution is -2.42. The summed E-state index contributed by atoms with van der Waals surface area (Å²) < 4.78 is 0. The molecule has 58 valence electrons. The van der Waals surface area contributed by atoms with Crippen molar-refractivity contribution >= 4 is 0 Å². The zero-order valence-electron chi connectivity index (χ0n) is 6.47. The van der Waals surface area contributed by atoms with Gasteiger partial charge in [0.15, 0.2) is 0 Å². The Hall–Kier alpha value is -0.0800. The summed E-state index contributed by atoms with van der Waals surface area (Å²) in [5, 5.41) is 2.40. The molecule has 0 aromatic heterocycles. The largest absolute Gasteiger partial charge is 0.252 e. The molecule has 0 aromatic rings. The van der Waals surface area contributed by atoms with Crippen LogP contribution in [0.1, 0.15) is 32.1 Å². The van der Waals surface area contributed by atoms with Gasteiger partial charge in [0.05, 0.1) is 0 Å². The number of piperidine rings is 1. The summed E-state index contributed by atoms with van der Waals surface area (Å²) in [5.41, 5.74) is 3.53. The Morgan fingerprint density at radius 3 is 2.30 bits per heavy atom. The minimum absolute atomic E-state index is 0.845. The highest BCUT2D eigenvalue weighted by atomic mass is 15.5. The van der Waals surface area contributed by atoms with Gasteiger partial charge in [-0.1, -0.05) is 6.42 Å². The first-order valence-electron chi connectivity index (χ1n) is 4.46. The van der Waals surface area contributed by atoms with E-state index in [2.05, 4.69) is 10.4 Å². The normalized spacial score (nSPS) is 28.8. The monoisotopic (exact) mass is 140 g/mol. The summed E-state index contributed by atoms with van der Waals surface area (Å²) >= 11 is 0. The second kappa shape index (κ2) is 2.89. The van der Waals surface area contributed by atoms with Crippen molar-refractivity contribution in [3.8, 4) is 0 Å². The molecule has 2 nitrogen and oxygen atoms in total. The molecule has 2 heteroatoms. The summed E-state index contributed by atoms with van der Waals surface area (Å²) in [6.07, 6.45) is 7.01. The van der Waals surface area contributed by atoms with Crippen LogP contribution in [-0.4, -0.2) is 24.1 Å². The van der Waals surface area contributed by atoms with Crippen molar-refractivity contribution < 1.29 is 0 Å². The van der Waals surface area contributed by atoms with Crippen LogP contribution in [0.5, 0.6) is 0 Å². The van der Waals surface area contributed by atoms with Crippen LogP contribution in [-0.2, 0) is 0 Å². The number of hydrogen-bond donors (Lipinski definition) is 1. The first-order valence-corrected chi connectivity index (χ1v) is 4.46. The fourth-order valence-electron chi connectivity index (χ4n) is 1.49. The van der Waals surface area contributed by atoms with Gasteiger partial charge in [-0.2, -0.15) is 0 Å². The Morgan fingerprint density at radius 2 is 1.70 bits per heavy atom. The molecule has 1 heterocycles. The molecule has 0 unspecified atom stereocenters. The second-order valence-electron chi connectivity index (χ2n) is 3.45. The quantitative estimate of drug-likeness (QED) is 0.618. The third-order valence-corrected chi connectivity index (χ3v) is 2.30. The third kappa shape index (κ3) is 1.70. The van der Waals surface area contributed by atoms with Crippen LogP contribution in [0.3, 0.4) is 0 Å². The average Bonchev–Trinajstić information content (AvgIpc) is 2.74. The molecule has 0 spiro atoms. The Bertz CT molecular complexity index is 104. The molecule has 1 N–H and O–H groups in total. The van der Waals surface area contributed by atoms with E-state index >= 15 is 0 Å². The number of hydrazine groups is 1. The highest BCUT2D eigenvalue weighted by molar-refractivity contribution is 4.80. The molecule has 1 aliphatic heterocycles. The molecule has 2 rings (SSSR count). The van der Waals surface area contributed by atoms with E-state index in [-0.39, 0.29) is 0 Å². The van der Waals surface area contributed by atoms with Crippen LogP contribution >= 0.6 is 0 Å². The lowest BCUT2D eigenvalue weighted by atomic mass is 10.2. The van der Waals surface area contributed by atoms with E-state index in [0.29, 0.717) is 0 Å². The van der Waals surface area contributed by atoms with E-state index in [0.717, 1.165) is 6.04 Å². The van der Waals surface area contributed by atoms with Crippen LogP contribution in [0, 0.1) is 0 Å². The van der Waals surface area contributed by atoms with Crippen LogP contribution in [0.15, 0.2) is 0 Å². The van der Waals surface area contributed by atoms with Gasteiger partial charge in [-0.05, 0) is 25.7 Å². The van der Waals surface area contributed by atoms with E-state index in [4.69, 9.17) is 0 Å². The van der Waals surface area contributed by atoms with E-state index < -0.39 is 0 Å². The zero-order chi connectivity index (χ0) is 6.81. The number of nitrogens with zero attached hydrogens (tertiary/aromatic N) is 1. The van der Waals surface area contributed by atoms with Crippen LogP contribution in [0.25, 0.3) is 0 Å². The Kier molecular flexibility index (Phi) is 1.91. The molecule has 2 fully saturated rings. The highest BCUT2D eigenvalue weighted by Gasteiger charge is 2.23. The molecule has 0 amide bonds. The lowest BCUT2D eigenvalue weighted by molar-refractivity contribution is 0.150. The smallest absolute Gasteiger partial charge is 0.0216 e. The number of nitrogens with one attached hydrogen (secondary N) is 1. The predicted molar refractivity (Wildman–Crippen MR) is 41.6 cm³/mol. The molecule has 1 saturated heterocycles. The summed E-state index contributed by atoms with van der Waals surface area (Å²) in [4.78, 5) is 0. The van der Waals surface area contributed by atoms with Crippen molar-refractivity contribution in [1.29, 1.82) is 0 Å². The van der Waals surface area contributed by atoms with Crippen LogP contribution in [0.4, 0.5) is 0 Å². The molecule has 0 atom stereocenters. The van der Waals surface area contributed by atoms with Gasteiger partial charge in [0.25, 0.3) is 0 Å². The lowest BCUT2D eigenvalue weighted by Gasteiger charge is -2.26. The van der Waals surface area contributed by atoms with Crippen molar-refractivity contribution in [3.63, 3.8) is 0 Å². The van der Waals surface area contributed by atoms with E-state index in [1.165, 1.54) is 45.2 Å². The Labute approximate surface area is 62.6 Å². The van der Waals surface area contributed by atoms with Crippen molar-refractivity contribution in [1.82, 2.24) is 10.4 Å². The molecule has 0 aromatic carbocycles. The Morgan fingerprint density at radius 1 is 1.00 bits per heavy atom. The highest BCUT2D eigenvalue weighted by Crippen LogP contribution is 2.20. The van der Waals surface area contributed by atoms with Gasteiger partial charge in [-0.25, -0.2) is 5.01 Å². The maximum absolute atomic E-state index is 3.53. The first-order chi connectivity index (χ1) is 4.95. The van der Waals surface area contributed by atoms with Gasteiger partial charge >= 0.3 is 0 Å². The molecular weight excluding hydrogens is 124 g/mol. The van der Waals surface area contributed by atoms with E-state index in [9.17, 15) is 0 Å². The maximum Gasteiger partial charge on any atom is 0.0216 e. The van der Waals surface area contributed by atoms with Crippen molar-refractivity contribution in [3.05, 3.63) is 0 Å². The fraction of sp³-hybridized carbons (Fsp3) is 1.00. The predicted octanol–water partition coefficient (Wildman–Crippen LogP) is 1.14. The first kappa shape index (κ1) is 6.62. The third-order valence-electron chi connectivity index (χ3n) is 2.30. The molecule has 1 aliphatic carbocycles. The molecule has 0 radical (unpaired) electrons. The zero-order valence-corrected chi connectivity index (χ0v) is 6.47. The van der Waals surface area contributed by atoms with Crippen LogP contribution < -0.4 is 5.43 Å². The van der Waals surface area contributed by atoms with Gasteiger partial charge in [0.2, 0.25) is 0 Å². The van der Waals surface area contributed by atoms with Gasteiger partial charge in [-0.15, -0.1) is 0 Å². The average molecular weight is 140 g/mol. The molecular formula is C8H16N2. The molecule has 2 aliphatic rings. The van der Waals surface area contributed by atoms with Gasteiger partial charge in [0.1, 0.15) is 0 Å². The maximum atomic E-state index is 3.53. The topological polar surface area (TPSA) is 15.3 Å². The van der Waals surface area contributed by atoms with E-state index in [1.54, 1.807) is 0 Å². The van der Waals surface area contributed by atoms with E-state index in [1.807, 2.05) is 0 Å². The minimum atomic E-state index is 0.845. The van der Waals surface area contributed by atoms with Gasteiger partial charge in [0, 0.05) is 19.1 Å². The van der Waals surface area contributed by atoms with Gasteiger partial charge in [-0.3, -0.25) is 5.43 Å². The SMILES string of the molecule is C1CCN(NC2CC2)CC1. The van der Waals surface area contributed by atoms with Crippen molar-refractivity contribution in [2.24, 2.45) is 0 Å². The Balaban J connectivity index is 1.69. The van der Waals surface area contributed by atoms with Gasteiger partial charge < -0.3 is 0 Å². The van der Waals surface area contributed by atoms with Crippen molar-refractivity contribution in [2.75, 3.05) is 13.1 Å². The number of rotatable bonds is 2. The number of hydrogen-bond acceptors (Lipinski definition) is 2. The van der Waals surface area contributed by atoms with Crippen molar-refractivity contribution in [2.45, 2.75) is 38.1 Å². The molecule has 10 heavy (non-hydrogen) atoms. The summed E-state index contributed by atoms with van der Waals surface area (Å²) in [6, 6.07) is 0.845.